The van der Waals surface area contributed by atoms with Crippen LogP contribution in [0.25, 0.3) is 0 Å². The molecule has 1 amide bonds. The van der Waals surface area contributed by atoms with E-state index in [0.717, 1.165) is 5.56 Å². The maximum atomic E-state index is 12.5. The molecule has 0 aromatic heterocycles. The van der Waals surface area contributed by atoms with Crippen LogP contribution in [0.1, 0.15) is 37.9 Å². The van der Waals surface area contributed by atoms with Crippen molar-refractivity contribution in [3.05, 3.63) is 71.8 Å². The van der Waals surface area contributed by atoms with Crippen LogP contribution in [-0.4, -0.2) is 23.8 Å². The summed E-state index contributed by atoms with van der Waals surface area (Å²) in [5, 5.41) is 2.43. The summed E-state index contributed by atoms with van der Waals surface area (Å²) in [6.45, 7) is 5.05. The molecular formula is C21H23NO6. The number of benzene rings is 2. The molecule has 2 aromatic rings. The highest BCUT2D eigenvalue weighted by Gasteiger charge is 2.29. The lowest BCUT2D eigenvalue weighted by molar-refractivity contribution is -0.142. The van der Waals surface area contributed by atoms with Crippen molar-refractivity contribution in [1.82, 2.24) is 5.32 Å². The quantitative estimate of drug-likeness (QED) is 0.615. The number of carbonyl (C=O) groups excluding carboxylic acids is 3. The van der Waals surface area contributed by atoms with Crippen LogP contribution < -0.4 is 5.32 Å². The smallest absolute Gasteiger partial charge is 0.444 e. The van der Waals surface area contributed by atoms with Gasteiger partial charge in [0.25, 0.3) is 0 Å². The Kier molecular flexibility index (Phi) is 7.14. The number of esters is 1. The Balaban J connectivity index is 2.02. The van der Waals surface area contributed by atoms with Crippen LogP contribution in [0.2, 0.25) is 0 Å². The van der Waals surface area contributed by atoms with Crippen molar-refractivity contribution in [2.24, 2.45) is 0 Å². The van der Waals surface area contributed by atoms with Gasteiger partial charge in [-0.05, 0) is 31.9 Å². The van der Waals surface area contributed by atoms with Gasteiger partial charge >= 0.3 is 18.2 Å². The Morgan fingerprint density at radius 1 is 0.929 bits per heavy atom. The molecule has 0 fully saturated rings. The number of rotatable bonds is 5. The van der Waals surface area contributed by atoms with Crippen LogP contribution in [-0.2, 0) is 25.6 Å². The summed E-state index contributed by atoms with van der Waals surface area (Å²) in [4.78, 5) is 36.4. The average Bonchev–Trinajstić information content (AvgIpc) is 2.64. The van der Waals surface area contributed by atoms with E-state index in [9.17, 15) is 14.4 Å². The Morgan fingerprint density at radius 3 is 2.07 bits per heavy atom. The molecule has 28 heavy (non-hydrogen) atoms. The minimum absolute atomic E-state index is 0.0392. The standard InChI is InChI=1S/C21H23NO6/c1-21(2,3)28-19(24)22-17(16-12-8-5-9-13-16)18(23)27-20(25)26-14-15-10-6-4-7-11-15/h4-13,17H,14H2,1-3H3,(H,22,24)/t17-/m0/s1. The van der Waals surface area contributed by atoms with Crippen LogP contribution >= 0.6 is 0 Å². The molecule has 7 heteroatoms. The third-order valence-corrected chi connectivity index (χ3v) is 3.41. The molecule has 0 saturated heterocycles. The summed E-state index contributed by atoms with van der Waals surface area (Å²) in [6, 6.07) is 16.1. The Morgan fingerprint density at radius 2 is 1.50 bits per heavy atom. The largest absolute Gasteiger partial charge is 0.516 e. The average molecular weight is 385 g/mol. The van der Waals surface area contributed by atoms with Gasteiger partial charge in [0.15, 0.2) is 6.04 Å². The van der Waals surface area contributed by atoms with E-state index < -0.39 is 29.9 Å². The summed E-state index contributed by atoms with van der Waals surface area (Å²) in [5.74, 6) is -0.977. The van der Waals surface area contributed by atoms with E-state index in [0.29, 0.717) is 5.56 Å². The van der Waals surface area contributed by atoms with Gasteiger partial charge in [-0.2, -0.15) is 0 Å². The van der Waals surface area contributed by atoms with Crippen molar-refractivity contribution in [3.8, 4) is 0 Å². The Hall–Kier alpha value is -3.35. The molecule has 0 unspecified atom stereocenters. The van der Waals surface area contributed by atoms with Gasteiger partial charge in [-0.25, -0.2) is 14.4 Å². The number of alkyl carbamates (subject to hydrolysis) is 1. The van der Waals surface area contributed by atoms with Crippen molar-refractivity contribution in [2.75, 3.05) is 0 Å². The SMILES string of the molecule is CC(C)(C)OC(=O)N[C@H](C(=O)OC(=O)OCc1ccccc1)c1ccccc1. The third kappa shape index (κ3) is 7.11. The Bertz CT molecular complexity index is 799. The summed E-state index contributed by atoms with van der Waals surface area (Å²) in [6.07, 6.45) is -1.96. The molecule has 0 heterocycles. The molecule has 1 N–H and O–H groups in total. The lowest BCUT2D eigenvalue weighted by atomic mass is 10.1. The second-order valence-corrected chi connectivity index (χ2v) is 6.94. The van der Waals surface area contributed by atoms with E-state index in [1.165, 1.54) is 0 Å². The van der Waals surface area contributed by atoms with Gasteiger partial charge in [0.05, 0.1) is 0 Å². The summed E-state index contributed by atoms with van der Waals surface area (Å²) in [5.41, 5.74) is 0.441. The molecule has 0 spiro atoms. The van der Waals surface area contributed by atoms with Crippen molar-refractivity contribution in [2.45, 2.75) is 39.0 Å². The zero-order chi connectivity index (χ0) is 20.6. The second kappa shape index (κ2) is 9.55. The van der Waals surface area contributed by atoms with Gasteiger partial charge in [-0.15, -0.1) is 0 Å². The minimum atomic E-state index is -1.22. The molecule has 0 bridgehead atoms. The van der Waals surface area contributed by atoms with Gasteiger partial charge in [0.1, 0.15) is 12.2 Å². The zero-order valence-corrected chi connectivity index (χ0v) is 16.0. The molecule has 148 valence electrons. The van der Waals surface area contributed by atoms with E-state index >= 15 is 0 Å². The summed E-state index contributed by atoms with van der Waals surface area (Å²) in [7, 11) is 0. The van der Waals surface area contributed by atoms with E-state index in [4.69, 9.17) is 14.2 Å². The summed E-state index contributed by atoms with van der Waals surface area (Å²) >= 11 is 0. The molecule has 0 aliphatic rings. The fraction of sp³-hybridized carbons (Fsp3) is 0.286. The molecule has 2 rings (SSSR count). The lowest BCUT2D eigenvalue weighted by Gasteiger charge is -2.22. The van der Waals surface area contributed by atoms with Gasteiger partial charge in [0, 0.05) is 0 Å². The number of hydrogen-bond acceptors (Lipinski definition) is 6. The highest BCUT2D eigenvalue weighted by Crippen LogP contribution is 2.17. The number of nitrogens with one attached hydrogen (secondary N) is 1. The van der Waals surface area contributed by atoms with Crippen LogP contribution in [0.15, 0.2) is 60.7 Å². The highest BCUT2D eigenvalue weighted by molar-refractivity contribution is 5.89. The monoisotopic (exact) mass is 385 g/mol. The van der Waals surface area contributed by atoms with Crippen LogP contribution in [0.5, 0.6) is 0 Å². The molecular weight excluding hydrogens is 362 g/mol. The van der Waals surface area contributed by atoms with Gasteiger partial charge in [-0.1, -0.05) is 60.7 Å². The third-order valence-electron chi connectivity index (χ3n) is 3.41. The maximum Gasteiger partial charge on any atom is 0.516 e. The van der Waals surface area contributed by atoms with E-state index in [1.807, 2.05) is 6.07 Å². The van der Waals surface area contributed by atoms with Crippen LogP contribution in [0, 0.1) is 0 Å². The van der Waals surface area contributed by atoms with Gasteiger partial charge in [0.2, 0.25) is 0 Å². The van der Waals surface area contributed by atoms with Crippen molar-refractivity contribution >= 4 is 18.2 Å². The van der Waals surface area contributed by atoms with Gasteiger partial charge < -0.3 is 19.5 Å². The predicted octanol–water partition coefficient (Wildman–Crippen LogP) is 4.13. The first-order valence-electron chi connectivity index (χ1n) is 8.71. The first-order chi connectivity index (χ1) is 13.2. The molecule has 0 radical (unpaired) electrons. The number of hydrogen-bond donors (Lipinski definition) is 1. The molecule has 2 aromatic carbocycles. The van der Waals surface area contributed by atoms with Crippen LogP contribution in [0.4, 0.5) is 9.59 Å². The topological polar surface area (TPSA) is 90.9 Å². The lowest BCUT2D eigenvalue weighted by Crippen LogP contribution is -2.39. The van der Waals surface area contributed by atoms with E-state index in [-0.39, 0.29) is 6.61 Å². The maximum absolute atomic E-state index is 12.5. The van der Waals surface area contributed by atoms with Gasteiger partial charge in [-0.3, -0.25) is 0 Å². The molecule has 0 aliphatic carbocycles. The molecule has 0 saturated carbocycles. The normalized spacial score (nSPS) is 11.8. The van der Waals surface area contributed by atoms with Crippen molar-refractivity contribution in [3.63, 3.8) is 0 Å². The second-order valence-electron chi connectivity index (χ2n) is 6.94. The fourth-order valence-electron chi connectivity index (χ4n) is 2.24. The minimum Gasteiger partial charge on any atom is -0.444 e. The fourth-order valence-corrected chi connectivity index (χ4v) is 2.24. The first-order valence-corrected chi connectivity index (χ1v) is 8.71. The predicted molar refractivity (Wildman–Crippen MR) is 101 cm³/mol. The molecule has 1 atom stereocenters. The van der Waals surface area contributed by atoms with Crippen molar-refractivity contribution in [1.29, 1.82) is 0 Å². The Labute approximate surface area is 163 Å². The highest BCUT2D eigenvalue weighted by atomic mass is 16.7. The number of ether oxygens (including phenoxy) is 3. The number of carbonyl (C=O) groups is 3. The van der Waals surface area contributed by atoms with Crippen LogP contribution in [0.3, 0.4) is 0 Å². The van der Waals surface area contributed by atoms with E-state index in [2.05, 4.69) is 5.32 Å². The van der Waals surface area contributed by atoms with Crippen molar-refractivity contribution < 1.29 is 28.6 Å². The zero-order valence-electron chi connectivity index (χ0n) is 16.0. The molecule has 7 nitrogen and oxygen atoms in total. The van der Waals surface area contributed by atoms with E-state index in [1.54, 1.807) is 75.4 Å². The number of amides is 1. The summed E-state index contributed by atoms with van der Waals surface area (Å²) < 4.78 is 14.9. The first kappa shape index (κ1) is 21.0. The molecule has 0 aliphatic heterocycles.